The molecule has 2 aromatic rings. The smallest absolute Gasteiger partial charge is 0.325 e. The quantitative estimate of drug-likeness (QED) is 0.519. The van der Waals surface area contributed by atoms with Gasteiger partial charge in [-0.15, -0.1) is 5.10 Å². The first-order valence-electron chi connectivity index (χ1n) is 11.1. The average Bonchev–Trinajstić information content (AvgIpc) is 3.51. The second-order valence-electron chi connectivity index (χ2n) is 8.75. The molecule has 1 aromatic heterocycles. The van der Waals surface area contributed by atoms with Crippen LogP contribution in [0, 0.1) is 0 Å². The highest BCUT2D eigenvalue weighted by atomic mass is 32.2. The predicted molar refractivity (Wildman–Crippen MR) is 120 cm³/mol. The molecule has 12 nitrogen and oxygen atoms in total. The zero-order valence-corrected chi connectivity index (χ0v) is 19.9. The third kappa shape index (κ3) is 4.52. The molecular formula is C21H27N7O5S. The molecule has 0 radical (unpaired) electrons. The lowest BCUT2D eigenvalue weighted by Crippen LogP contribution is -2.48. The van der Waals surface area contributed by atoms with Gasteiger partial charge < -0.3 is 10.2 Å². The molecule has 0 aliphatic carbocycles. The molecular weight excluding hydrogens is 462 g/mol. The fourth-order valence-electron chi connectivity index (χ4n) is 4.36. The van der Waals surface area contributed by atoms with E-state index in [4.69, 9.17) is 0 Å². The SMILES string of the molecule is CCCCN(C(=O)CN1C(=O)N[C@](C)(c2cccc(-n3cnnn3)c2)C1=O)[C@@H]1CCS(=O)(=O)C1. The van der Waals surface area contributed by atoms with Gasteiger partial charge in [0.1, 0.15) is 18.4 Å². The van der Waals surface area contributed by atoms with Gasteiger partial charge in [0.05, 0.1) is 17.2 Å². The van der Waals surface area contributed by atoms with Crippen LogP contribution >= 0.6 is 0 Å². The van der Waals surface area contributed by atoms with Crippen molar-refractivity contribution in [1.29, 1.82) is 0 Å². The largest absolute Gasteiger partial charge is 0.337 e. The number of sulfone groups is 1. The minimum Gasteiger partial charge on any atom is -0.337 e. The highest BCUT2D eigenvalue weighted by Gasteiger charge is 2.50. The molecule has 2 fully saturated rings. The van der Waals surface area contributed by atoms with Crippen molar-refractivity contribution in [2.45, 2.75) is 44.7 Å². The first-order chi connectivity index (χ1) is 16.1. The molecule has 34 heavy (non-hydrogen) atoms. The minimum atomic E-state index is -3.19. The van der Waals surface area contributed by atoms with Gasteiger partial charge in [-0.2, -0.15) is 0 Å². The summed E-state index contributed by atoms with van der Waals surface area (Å²) >= 11 is 0. The summed E-state index contributed by atoms with van der Waals surface area (Å²) in [6, 6.07) is 5.75. The fourth-order valence-corrected chi connectivity index (χ4v) is 6.09. The molecule has 13 heteroatoms. The number of aromatic nitrogens is 4. The summed E-state index contributed by atoms with van der Waals surface area (Å²) < 4.78 is 25.4. The maximum absolute atomic E-state index is 13.4. The Kier molecular flexibility index (Phi) is 6.39. The van der Waals surface area contributed by atoms with Crippen LogP contribution < -0.4 is 5.32 Å². The molecule has 0 saturated carbocycles. The molecule has 0 bridgehead atoms. The van der Waals surface area contributed by atoms with E-state index >= 15 is 0 Å². The summed E-state index contributed by atoms with van der Waals surface area (Å²) in [5.41, 5.74) is -0.265. The number of nitrogens with zero attached hydrogens (tertiary/aromatic N) is 6. The summed E-state index contributed by atoms with van der Waals surface area (Å²) in [5.74, 6) is -1.06. The number of hydrogen-bond acceptors (Lipinski definition) is 8. The molecule has 3 heterocycles. The molecule has 2 saturated heterocycles. The number of amides is 4. The Morgan fingerprint density at radius 1 is 1.32 bits per heavy atom. The van der Waals surface area contributed by atoms with Crippen LogP contribution in [0.25, 0.3) is 5.69 Å². The van der Waals surface area contributed by atoms with Gasteiger partial charge >= 0.3 is 6.03 Å². The Morgan fingerprint density at radius 3 is 2.76 bits per heavy atom. The van der Waals surface area contributed by atoms with Gasteiger partial charge in [0, 0.05) is 12.6 Å². The molecule has 0 unspecified atom stereocenters. The van der Waals surface area contributed by atoms with Gasteiger partial charge in [0.25, 0.3) is 5.91 Å². The van der Waals surface area contributed by atoms with E-state index in [1.165, 1.54) is 15.9 Å². The first-order valence-corrected chi connectivity index (χ1v) is 12.9. The maximum atomic E-state index is 13.4. The van der Waals surface area contributed by atoms with Crippen LogP contribution in [0.5, 0.6) is 0 Å². The number of unbranched alkanes of at least 4 members (excludes halogenated alkanes) is 1. The number of urea groups is 1. The first kappa shape index (κ1) is 23.8. The van der Waals surface area contributed by atoms with Gasteiger partial charge in [0.2, 0.25) is 5.91 Å². The summed E-state index contributed by atoms with van der Waals surface area (Å²) in [7, 11) is -3.19. The van der Waals surface area contributed by atoms with Crippen molar-refractivity contribution in [3.8, 4) is 5.69 Å². The topological polar surface area (TPSA) is 147 Å². The standard InChI is InChI=1S/C21H27N7O5S/c1-3-4-9-26(17-8-10-34(32,33)13-17)18(29)12-27-19(30)21(2,23-20(27)31)15-6-5-7-16(11-15)28-14-22-24-25-28/h5-7,11,14,17H,3-4,8-10,12-13H2,1-2H3,(H,23,31)/t17-,21-/m1/s1. The molecule has 4 rings (SSSR count). The summed E-state index contributed by atoms with van der Waals surface area (Å²) in [5, 5.41) is 13.7. The van der Waals surface area contributed by atoms with Gasteiger partial charge in [-0.3, -0.25) is 14.5 Å². The van der Waals surface area contributed by atoms with Crippen LogP contribution in [0.1, 0.15) is 38.7 Å². The van der Waals surface area contributed by atoms with E-state index in [1.807, 2.05) is 6.92 Å². The molecule has 4 amide bonds. The Hall–Kier alpha value is -3.35. The van der Waals surface area contributed by atoms with E-state index in [-0.39, 0.29) is 11.5 Å². The van der Waals surface area contributed by atoms with Crippen LogP contribution in [0.15, 0.2) is 30.6 Å². The van der Waals surface area contributed by atoms with Gasteiger partial charge in [-0.05, 0) is 47.9 Å². The van der Waals surface area contributed by atoms with Crippen molar-refractivity contribution in [3.63, 3.8) is 0 Å². The highest BCUT2D eigenvalue weighted by Crippen LogP contribution is 2.30. The van der Waals surface area contributed by atoms with Crippen molar-refractivity contribution in [2.24, 2.45) is 0 Å². The van der Waals surface area contributed by atoms with E-state index < -0.39 is 45.8 Å². The number of hydrogen-bond donors (Lipinski definition) is 1. The van der Waals surface area contributed by atoms with Crippen molar-refractivity contribution < 1.29 is 22.8 Å². The van der Waals surface area contributed by atoms with Crippen molar-refractivity contribution in [3.05, 3.63) is 36.2 Å². The van der Waals surface area contributed by atoms with Gasteiger partial charge in [-0.1, -0.05) is 25.5 Å². The van der Waals surface area contributed by atoms with Crippen molar-refractivity contribution in [2.75, 3.05) is 24.6 Å². The Labute approximate surface area is 197 Å². The second kappa shape index (κ2) is 9.12. The van der Waals surface area contributed by atoms with Crippen LogP contribution in [0.4, 0.5) is 4.79 Å². The van der Waals surface area contributed by atoms with E-state index in [9.17, 15) is 22.8 Å². The number of tetrazole rings is 1. The van der Waals surface area contributed by atoms with Gasteiger partial charge in [-0.25, -0.2) is 17.9 Å². The zero-order valence-electron chi connectivity index (χ0n) is 19.0. The molecule has 2 aliphatic heterocycles. The monoisotopic (exact) mass is 489 g/mol. The number of carbonyl (C=O) groups is 3. The lowest BCUT2D eigenvalue weighted by molar-refractivity contribution is -0.140. The number of nitrogens with one attached hydrogen (secondary N) is 1. The molecule has 0 spiro atoms. The summed E-state index contributed by atoms with van der Waals surface area (Å²) in [6.45, 7) is 3.48. The molecule has 2 atom stereocenters. The van der Waals surface area contributed by atoms with Gasteiger partial charge in [0.15, 0.2) is 9.84 Å². The van der Waals surface area contributed by atoms with Crippen molar-refractivity contribution >= 4 is 27.7 Å². The van der Waals surface area contributed by atoms with E-state index in [0.29, 0.717) is 30.6 Å². The lowest BCUT2D eigenvalue weighted by Gasteiger charge is -2.30. The molecule has 182 valence electrons. The lowest BCUT2D eigenvalue weighted by atomic mass is 9.91. The second-order valence-corrected chi connectivity index (χ2v) is 11.0. The highest BCUT2D eigenvalue weighted by molar-refractivity contribution is 7.91. The minimum absolute atomic E-state index is 0.0341. The van der Waals surface area contributed by atoms with E-state index in [1.54, 1.807) is 31.2 Å². The predicted octanol–water partition coefficient (Wildman–Crippen LogP) is 0.245. The number of carbonyl (C=O) groups excluding carboxylic acids is 3. The molecule has 1 N–H and O–H groups in total. The third-order valence-corrected chi connectivity index (χ3v) is 8.08. The average molecular weight is 490 g/mol. The molecule has 2 aliphatic rings. The Morgan fingerprint density at radius 2 is 2.12 bits per heavy atom. The van der Waals surface area contributed by atoms with Crippen LogP contribution in [-0.4, -0.2) is 86.9 Å². The number of rotatable bonds is 8. The van der Waals surface area contributed by atoms with E-state index in [0.717, 1.165) is 11.3 Å². The normalized spacial score (nSPS) is 23.8. The van der Waals surface area contributed by atoms with Crippen molar-refractivity contribution in [1.82, 2.24) is 35.3 Å². The number of benzene rings is 1. The Balaban J connectivity index is 1.54. The van der Waals surface area contributed by atoms with Crippen LogP contribution in [0.3, 0.4) is 0 Å². The Bertz CT molecular complexity index is 1200. The third-order valence-electron chi connectivity index (χ3n) is 6.33. The zero-order chi connectivity index (χ0) is 24.5. The summed E-state index contributed by atoms with van der Waals surface area (Å²) in [4.78, 5) is 41.7. The summed E-state index contributed by atoms with van der Waals surface area (Å²) in [6.07, 6.45) is 3.29. The van der Waals surface area contributed by atoms with E-state index in [2.05, 4.69) is 20.8 Å². The fraction of sp³-hybridized carbons (Fsp3) is 0.524. The number of imide groups is 1. The maximum Gasteiger partial charge on any atom is 0.325 e. The molecule has 1 aromatic carbocycles. The van der Waals surface area contributed by atoms with Crippen LogP contribution in [-0.2, 0) is 25.0 Å². The van der Waals surface area contributed by atoms with Crippen LogP contribution in [0.2, 0.25) is 0 Å².